The second kappa shape index (κ2) is 8.79. The molecule has 3 rings (SSSR count). The molecule has 3 aromatic rings. The molecule has 0 fully saturated rings. The number of hydrogen-bond donors (Lipinski definition) is 3. The molecule has 0 aliphatic heterocycles. The maximum Gasteiger partial charge on any atom is 0.225 e. The topological polar surface area (TPSA) is 83.0 Å². The minimum absolute atomic E-state index is 0.00476. The number of nitrogens with zero attached hydrogens (tertiary/aromatic N) is 3. The molecule has 0 bridgehead atoms. The van der Waals surface area contributed by atoms with Gasteiger partial charge >= 0.3 is 0 Å². The Kier molecular flexibility index (Phi) is 6.21. The normalized spacial score (nSPS) is 12.0. The Bertz CT molecular complexity index is 889. The summed E-state index contributed by atoms with van der Waals surface area (Å²) in [7, 11) is 0. The van der Waals surface area contributed by atoms with Gasteiger partial charge in [-0.3, -0.25) is 4.98 Å². The average molecular weight is 384 g/mol. The summed E-state index contributed by atoms with van der Waals surface area (Å²) in [6.07, 6.45) is 3.47. The molecule has 1 atom stereocenters. The van der Waals surface area contributed by atoms with Gasteiger partial charge in [0.1, 0.15) is 5.82 Å². The van der Waals surface area contributed by atoms with E-state index in [0.29, 0.717) is 16.8 Å². The summed E-state index contributed by atoms with van der Waals surface area (Å²) >= 11 is 6.07. The second-order valence-corrected chi connectivity index (χ2v) is 6.95. The molecular weight excluding hydrogens is 362 g/mol. The summed E-state index contributed by atoms with van der Waals surface area (Å²) in [5.41, 5.74) is 2.43. The Labute approximate surface area is 163 Å². The zero-order chi connectivity index (χ0) is 19.2. The monoisotopic (exact) mass is 383 g/mol. The van der Waals surface area contributed by atoms with E-state index in [1.54, 1.807) is 12.4 Å². The van der Waals surface area contributed by atoms with Crippen LogP contribution < -0.4 is 10.6 Å². The molecule has 140 valence electrons. The number of aliphatic hydroxyl groups excluding tert-OH is 1. The zero-order valence-corrected chi connectivity index (χ0v) is 16.0. The molecule has 0 radical (unpaired) electrons. The summed E-state index contributed by atoms with van der Waals surface area (Å²) in [5, 5.41) is 16.7. The second-order valence-electron chi connectivity index (χ2n) is 6.52. The van der Waals surface area contributed by atoms with E-state index in [4.69, 9.17) is 11.6 Å². The molecule has 0 aliphatic rings. The fraction of sp³-hybridized carbons (Fsp3) is 0.250. The lowest BCUT2D eigenvalue weighted by Gasteiger charge is -2.20. The van der Waals surface area contributed by atoms with E-state index in [0.717, 1.165) is 16.9 Å². The molecule has 3 N–H and O–H groups in total. The molecule has 27 heavy (non-hydrogen) atoms. The van der Waals surface area contributed by atoms with Crippen molar-refractivity contribution in [3.05, 3.63) is 59.9 Å². The molecule has 0 spiro atoms. The highest BCUT2D eigenvalue weighted by molar-refractivity contribution is 6.30. The van der Waals surface area contributed by atoms with Crippen LogP contribution in [0.3, 0.4) is 0 Å². The van der Waals surface area contributed by atoms with Crippen LogP contribution in [0, 0.1) is 5.92 Å². The van der Waals surface area contributed by atoms with E-state index < -0.39 is 0 Å². The zero-order valence-electron chi connectivity index (χ0n) is 15.2. The Morgan fingerprint density at radius 1 is 1.11 bits per heavy atom. The van der Waals surface area contributed by atoms with Gasteiger partial charge in [-0.2, -0.15) is 4.98 Å². The Balaban J connectivity index is 1.97. The van der Waals surface area contributed by atoms with Crippen molar-refractivity contribution in [3.8, 4) is 11.3 Å². The Morgan fingerprint density at radius 2 is 1.96 bits per heavy atom. The molecule has 0 aliphatic carbocycles. The summed E-state index contributed by atoms with van der Waals surface area (Å²) in [5.74, 6) is 1.28. The first-order valence-electron chi connectivity index (χ1n) is 8.74. The molecule has 0 saturated carbocycles. The molecule has 1 aromatic carbocycles. The van der Waals surface area contributed by atoms with Crippen LogP contribution in [0.2, 0.25) is 5.02 Å². The molecule has 0 saturated heterocycles. The predicted molar refractivity (Wildman–Crippen MR) is 109 cm³/mol. The van der Waals surface area contributed by atoms with Crippen LogP contribution in [-0.4, -0.2) is 32.7 Å². The quantitative estimate of drug-likeness (QED) is 0.562. The highest BCUT2D eigenvalue weighted by Crippen LogP contribution is 2.25. The molecule has 2 aromatic heterocycles. The van der Waals surface area contributed by atoms with Crippen LogP contribution in [0.5, 0.6) is 0 Å². The number of rotatable bonds is 7. The lowest BCUT2D eigenvalue weighted by Crippen LogP contribution is -2.30. The van der Waals surface area contributed by atoms with Gasteiger partial charge in [-0.05, 0) is 36.2 Å². The van der Waals surface area contributed by atoms with Crippen LogP contribution in [0.15, 0.2) is 54.9 Å². The Morgan fingerprint density at radius 3 is 2.63 bits per heavy atom. The number of aliphatic hydroxyl groups is 1. The first-order valence-corrected chi connectivity index (χ1v) is 9.12. The van der Waals surface area contributed by atoms with Crippen molar-refractivity contribution in [2.45, 2.75) is 19.9 Å². The predicted octanol–water partition coefficient (Wildman–Crippen LogP) is 4.36. The smallest absolute Gasteiger partial charge is 0.225 e. The fourth-order valence-electron chi connectivity index (χ4n) is 2.54. The van der Waals surface area contributed by atoms with Crippen LogP contribution in [-0.2, 0) is 0 Å². The third-order valence-corrected chi connectivity index (χ3v) is 4.33. The van der Waals surface area contributed by atoms with Gasteiger partial charge in [0, 0.05) is 34.7 Å². The summed E-state index contributed by atoms with van der Waals surface area (Å²) in [4.78, 5) is 13.3. The number of hydrogen-bond acceptors (Lipinski definition) is 6. The van der Waals surface area contributed by atoms with E-state index in [9.17, 15) is 5.11 Å². The third-order valence-electron chi connectivity index (χ3n) is 4.10. The molecule has 7 heteroatoms. The third kappa shape index (κ3) is 5.15. The van der Waals surface area contributed by atoms with Crippen molar-refractivity contribution >= 4 is 29.1 Å². The van der Waals surface area contributed by atoms with Crippen LogP contribution in [0.1, 0.15) is 13.8 Å². The molecule has 0 unspecified atom stereocenters. The number of halogens is 1. The van der Waals surface area contributed by atoms with Gasteiger partial charge in [-0.15, -0.1) is 0 Å². The van der Waals surface area contributed by atoms with E-state index in [2.05, 4.69) is 25.6 Å². The summed E-state index contributed by atoms with van der Waals surface area (Å²) in [6, 6.07) is 12.9. The van der Waals surface area contributed by atoms with Crippen molar-refractivity contribution < 1.29 is 5.11 Å². The number of nitrogens with one attached hydrogen (secondary N) is 2. The first-order chi connectivity index (χ1) is 13.0. The Hall–Kier alpha value is -2.70. The van der Waals surface area contributed by atoms with Gasteiger partial charge in [-0.25, -0.2) is 4.98 Å². The number of benzene rings is 1. The van der Waals surface area contributed by atoms with Gasteiger partial charge in [0.05, 0.1) is 18.3 Å². The van der Waals surface area contributed by atoms with Gasteiger partial charge in [-0.1, -0.05) is 31.5 Å². The van der Waals surface area contributed by atoms with E-state index >= 15 is 0 Å². The fourth-order valence-corrected chi connectivity index (χ4v) is 2.73. The van der Waals surface area contributed by atoms with Crippen molar-refractivity contribution in [1.29, 1.82) is 0 Å². The SMILES string of the molecule is CC(C)[C@H](CO)Nc1nc(Nc2cccc(Cl)c2)cc(-c2cccnc2)n1. The van der Waals surface area contributed by atoms with Gasteiger partial charge < -0.3 is 15.7 Å². The lowest BCUT2D eigenvalue weighted by atomic mass is 10.1. The minimum atomic E-state index is -0.145. The van der Waals surface area contributed by atoms with Crippen molar-refractivity contribution in [3.63, 3.8) is 0 Å². The van der Waals surface area contributed by atoms with Crippen LogP contribution >= 0.6 is 11.6 Å². The van der Waals surface area contributed by atoms with Crippen molar-refractivity contribution in [2.75, 3.05) is 17.2 Å². The van der Waals surface area contributed by atoms with Gasteiger partial charge in [0.15, 0.2) is 0 Å². The molecule has 0 amide bonds. The van der Waals surface area contributed by atoms with Gasteiger partial charge in [0.25, 0.3) is 0 Å². The summed E-state index contributed by atoms with van der Waals surface area (Å²) in [6.45, 7) is 4.06. The minimum Gasteiger partial charge on any atom is -0.394 e. The van der Waals surface area contributed by atoms with Crippen molar-refractivity contribution in [2.24, 2.45) is 5.92 Å². The number of anilines is 3. The van der Waals surface area contributed by atoms with E-state index in [1.165, 1.54) is 0 Å². The first kappa shape index (κ1) is 19.1. The number of pyridine rings is 1. The largest absolute Gasteiger partial charge is 0.394 e. The number of aromatic nitrogens is 3. The lowest BCUT2D eigenvalue weighted by molar-refractivity contribution is 0.248. The standard InChI is InChI=1S/C20H22ClN5O/c1-13(2)18(12-27)25-20-24-17(14-5-4-8-22-11-14)10-19(26-20)23-16-7-3-6-15(21)9-16/h3-11,13,18,27H,12H2,1-2H3,(H2,23,24,25,26)/t18-/m0/s1. The highest BCUT2D eigenvalue weighted by Gasteiger charge is 2.15. The van der Waals surface area contributed by atoms with Crippen molar-refractivity contribution in [1.82, 2.24) is 15.0 Å². The van der Waals surface area contributed by atoms with Gasteiger partial charge in [0.2, 0.25) is 5.95 Å². The van der Waals surface area contributed by atoms with Crippen LogP contribution in [0.4, 0.5) is 17.5 Å². The summed E-state index contributed by atoms with van der Waals surface area (Å²) < 4.78 is 0. The van der Waals surface area contributed by atoms with Crippen LogP contribution in [0.25, 0.3) is 11.3 Å². The highest BCUT2D eigenvalue weighted by atomic mass is 35.5. The maximum absolute atomic E-state index is 9.62. The maximum atomic E-state index is 9.62. The van der Waals surface area contributed by atoms with E-state index in [-0.39, 0.29) is 18.6 Å². The molecule has 2 heterocycles. The molecular formula is C20H22ClN5O. The average Bonchev–Trinajstić information content (AvgIpc) is 2.66. The van der Waals surface area contributed by atoms with E-state index in [1.807, 2.05) is 56.3 Å². The molecule has 6 nitrogen and oxygen atoms in total.